The van der Waals surface area contributed by atoms with Gasteiger partial charge >= 0.3 is 0 Å². The van der Waals surface area contributed by atoms with Crippen LogP contribution >= 0.6 is 11.6 Å². The number of halogens is 1. The van der Waals surface area contributed by atoms with E-state index < -0.39 is 10.8 Å². The molecule has 2 N–H and O–H groups in total. The van der Waals surface area contributed by atoms with Gasteiger partial charge in [0.1, 0.15) is 11.5 Å². The molecule has 0 bridgehead atoms. The van der Waals surface area contributed by atoms with Crippen LogP contribution in [-0.4, -0.2) is 40.2 Å². The summed E-state index contributed by atoms with van der Waals surface area (Å²) in [4.78, 5) is 16.1. The van der Waals surface area contributed by atoms with Crippen molar-refractivity contribution in [3.8, 4) is 0 Å². The Kier molecular flexibility index (Phi) is 6.80. The minimum Gasteiger partial charge on any atom is -0.370 e. The number of hydrogen-bond acceptors (Lipinski definition) is 4. The highest BCUT2D eigenvalue weighted by Crippen LogP contribution is 2.16. The van der Waals surface area contributed by atoms with E-state index in [-0.39, 0.29) is 11.6 Å². The van der Waals surface area contributed by atoms with Crippen molar-refractivity contribution in [1.29, 1.82) is 0 Å². The van der Waals surface area contributed by atoms with Crippen molar-refractivity contribution in [2.45, 2.75) is 13.3 Å². The van der Waals surface area contributed by atoms with E-state index in [0.717, 1.165) is 13.0 Å². The smallest absolute Gasteiger partial charge is 0.271 e. The number of aromatic nitrogens is 1. The largest absolute Gasteiger partial charge is 0.370 e. The molecule has 1 heterocycles. The molecule has 0 radical (unpaired) electrons. The van der Waals surface area contributed by atoms with Crippen LogP contribution in [0.4, 0.5) is 5.82 Å². The van der Waals surface area contributed by atoms with Crippen molar-refractivity contribution in [2.75, 3.05) is 30.4 Å². The zero-order valence-corrected chi connectivity index (χ0v) is 12.6. The molecule has 0 fully saturated rings. The zero-order chi connectivity index (χ0) is 14.3. The summed E-state index contributed by atoms with van der Waals surface area (Å²) in [6.07, 6.45) is 2.56. The lowest BCUT2D eigenvalue weighted by Gasteiger charge is -2.08. The minimum atomic E-state index is -0.933. The van der Waals surface area contributed by atoms with E-state index in [1.807, 2.05) is 6.92 Å². The first-order valence-corrected chi connectivity index (χ1v) is 8.13. The van der Waals surface area contributed by atoms with Gasteiger partial charge in [-0.1, -0.05) is 18.5 Å². The van der Waals surface area contributed by atoms with Gasteiger partial charge in [-0.25, -0.2) is 4.98 Å². The minimum absolute atomic E-state index is 0.185. The number of nitrogens with zero attached hydrogens (tertiary/aromatic N) is 1. The van der Waals surface area contributed by atoms with E-state index >= 15 is 0 Å². The normalized spacial score (nSPS) is 11.9. The molecule has 0 aromatic carbocycles. The fourth-order valence-corrected chi connectivity index (χ4v) is 1.93. The number of pyridine rings is 1. The fraction of sp³-hybridized carbons (Fsp3) is 0.500. The summed E-state index contributed by atoms with van der Waals surface area (Å²) in [5.74, 6) is 0.683. The topological polar surface area (TPSA) is 71.1 Å². The summed E-state index contributed by atoms with van der Waals surface area (Å²) in [7, 11) is -0.933. The Balaban J connectivity index is 2.69. The lowest BCUT2D eigenvalue weighted by atomic mass is 10.3. The number of nitrogens with one attached hydrogen (secondary N) is 2. The lowest BCUT2D eigenvalue weighted by Crippen LogP contribution is -2.28. The molecule has 1 atom stereocenters. The van der Waals surface area contributed by atoms with Gasteiger partial charge < -0.3 is 10.6 Å². The highest BCUT2D eigenvalue weighted by atomic mass is 35.5. The summed E-state index contributed by atoms with van der Waals surface area (Å²) >= 11 is 5.96. The Morgan fingerprint density at radius 1 is 1.42 bits per heavy atom. The standard InChI is InChI=1S/C12H18ClN3O2S/c1-3-6-14-10-5-4-9(13)11(16-10)12(17)15-7-8-19(2)18/h4-5H,3,6-8H2,1-2H3,(H,14,16)(H,15,17). The first kappa shape index (κ1) is 15.9. The Morgan fingerprint density at radius 2 is 2.16 bits per heavy atom. The van der Waals surface area contributed by atoms with Crippen LogP contribution in [0.2, 0.25) is 5.02 Å². The van der Waals surface area contributed by atoms with E-state index in [2.05, 4.69) is 15.6 Å². The molecule has 1 aromatic rings. The number of anilines is 1. The highest BCUT2D eigenvalue weighted by Gasteiger charge is 2.12. The third kappa shape index (κ3) is 5.57. The van der Waals surface area contributed by atoms with Crippen LogP contribution in [0.5, 0.6) is 0 Å². The number of amides is 1. The molecular formula is C12H18ClN3O2S. The molecule has 1 unspecified atom stereocenters. The second-order valence-corrected chi connectivity index (χ2v) is 5.95. The van der Waals surface area contributed by atoms with Crippen LogP contribution in [0, 0.1) is 0 Å². The van der Waals surface area contributed by atoms with Gasteiger partial charge in [-0.05, 0) is 18.6 Å². The Hall–Kier alpha value is -1.14. The lowest BCUT2D eigenvalue weighted by molar-refractivity contribution is 0.0951. The van der Waals surface area contributed by atoms with E-state index in [1.54, 1.807) is 18.4 Å². The molecule has 106 valence electrons. The number of hydrogen-bond donors (Lipinski definition) is 2. The van der Waals surface area contributed by atoms with Crippen LogP contribution in [-0.2, 0) is 10.8 Å². The summed E-state index contributed by atoms with van der Waals surface area (Å²) < 4.78 is 10.9. The second kappa shape index (κ2) is 8.12. The molecule has 7 heteroatoms. The number of rotatable bonds is 7. The predicted octanol–water partition coefficient (Wildman–Crippen LogP) is 1.67. The summed E-state index contributed by atoms with van der Waals surface area (Å²) in [6.45, 7) is 3.17. The zero-order valence-electron chi connectivity index (χ0n) is 11.0. The van der Waals surface area contributed by atoms with E-state index in [0.29, 0.717) is 23.1 Å². The molecule has 1 rings (SSSR count). The molecule has 0 spiro atoms. The average molecular weight is 304 g/mol. The third-order valence-electron chi connectivity index (χ3n) is 2.29. The van der Waals surface area contributed by atoms with Gasteiger partial charge in [0.05, 0.1) is 5.02 Å². The fourth-order valence-electron chi connectivity index (χ4n) is 1.34. The number of carbonyl (C=O) groups excluding carboxylic acids is 1. The molecule has 0 saturated heterocycles. The van der Waals surface area contributed by atoms with Gasteiger partial charge in [0.2, 0.25) is 0 Å². The molecule has 1 amide bonds. The maximum atomic E-state index is 11.9. The predicted molar refractivity (Wildman–Crippen MR) is 79.3 cm³/mol. The first-order chi connectivity index (χ1) is 9.04. The monoisotopic (exact) mass is 303 g/mol. The molecule has 1 aromatic heterocycles. The highest BCUT2D eigenvalue weighted by molar-refractivity contribution is 7.84. The van der Waals surface area contributed by atoms with Crippen LogP contribution in [0.15, 0.2) is 12.1 Å². The Morgan fingerprint density at radius 3 is 2.79 bits per heavy atom. The van der Waals surface area contributed by atoms with Crippen molar-refractivity contribution in [1.82, 2.24) is 10.3 Å². The molecule has 0 aliphatic carbocycles. The van der Waals surface area contributed by atoms with Gasteiger partial charge in [0.25, 0.3) is 5.91 Å². The first-order valence-electron chi connectivity index (χ1n) is 6.03. The third-order valence-corrected chi connectivity index (χ3v) is 3.38. The SMILES string of the molecule is CCCNc1ccc(Cl)c(C(=O)NCCS(C)=O)n1. The molecule has 0 saturated carbocycles. The molecular weight excluding hydrogens is 286 g/mol. The Labute approximate surface area is 120 Å². The number of carbonyl (C=O) groups is 1. The van der Waals surface area contributed by atoms with Crippen molar-refractivity contribution in [3.63, 3.8) is 0 Å². The van der Waals surface area contributed by atoms with Crippen molar-refractivity contribution >= 4 is 34.1 Å². The summed E-state index contributed by atoms with van der Waals surface area (Å²) in [5, 5.41) is 6.04. The van der Waals surface area contributed by atoms with Gasteiger partial charge in [-0.15, -0.1) is 0 Å². The maximum absolute atomic E-state index is 11.9. The van der Waals surface area contributed by atoms with Gasteiger partial charge in [-0.2, -0.15) is 0 Å². The molecule has 0 aliphatic heterocycles. The summed E-state index contributed by atoms with van der Waals surface area (Å²) in [6, 6.07) is 3.37. The van der Waals surface area contributed by atoms with Crippen LogP contribution in [0.25, 0.3) is 0 Å². The van der Waals surface area contributed by atoms with Crippen molar-refractivity contribution < 1.29 is 9.00 Å². The van der Waals surface area contributed by atoms with Crippen LogP contribution in [0.3, 0.4) is 0 Å². The molecule has 19 heavy (non-hydrogen) atoms. The maximum Gasteiger partial charge on any atom is 0.271 e. The molecule has 0 aliphatic rings. The van der Waals surface area contributed by atoms with E-state index in [9.17, 15) is 9.00 Å². The van der Waals surface area contributed by atoms with E-state index in [1.165, 1.54) is 0 Å². The quantitative estimate of drug-likeness (QED) is 0.804. The van der Waals surface area contributed by atoms with Gasteiger partial charge in [0.15, 0.2) is 0 Å². The molecule has 5 nitrogen and oxygen atoms in total. The van der Waals surface area contributed by atoms with Crippen LogP contribution < -0.4 is 10.6 Å². The van der Waals surface area contributed by atoms with Crippen LogP contribution in [0.1, 0.15) is 23.8 Å². The van der Waals surface area contributed by atoms with Crippen molar-refractivity contribution in [3.05, 3.63) is 22.8 Å². The van der Waals surface area contributed by atoms with E-state index in [4.69, 9.17) is 11.6 Å². The summed E-state index contributed by atoms with van der Waals surface area (Å²) in [5.41, 5.74) is 0.185. The average Bonchev–Trinajstić information content (AvgIpc) is 2.37. The van der Waals surface area contributed by atoms with Gasteiger partial charge in [0, 0.05) is 35.9 Å². The Bertz CT molecular complexity index is 468. The second-order valence-electron chi connectivity index (χ2n) is 3.99. The van der Waals surface area contributed by atoms with Crippen molar-refractivity contribution in [2.24, 2.45) is 0 Å². The van der Waals surface area contributed by atoms with Gasteiger partial charge in [-0.3, -0.25) is 9.00 Å².